The predicted molar refractivity (Wildman–Crippen MR) is 95.6 cm³/mol. The summed E-state index contributed by atoms with van der Waals surface area (Å²) in [6.45, 7) is 6.27. The molecule has 1 aliphatic rings. The van der Waals surface area contributed by atoms with Crippen molar-refractivity contribution in [2.45, 2.75) is 32.6 Å². The highest BCUT2D eigenvalue weighted by Crippen LogP contribution is 2.16. The Balaban J connectivity index is 1.60. The summed E-state index contributed by atoms with van der Waals surface area (Å²) in [5.74, 6) is 0.801. The molecular weight excluding hydrogens is 302 g/mol. The van der Waals surface area contributed by atoms with Crippen LogP contribution in [0.5, 0.6) is 0 Å². The molecule has 0 unspecified atom stereocenters. The van der Waals surface area contributed by atoms with E-state index in [1.54, 1.807) is 0 Å². The molecule has 1 aliphatic heterocycles. The number of nitrogens with zero attached hydrogens (tertiary/aromatic N) is 1. The second-order valence-electron chi connectivity index (χ2n) is 6.39. The van der Waals surface area contributed by atoms with Crippen molar-refractivity contribution in [2.24, 2.45) is 5.92 Å². The van der Waals surface area contributed by atoms with Crippen molar-refractivity contribution in [3.63, 3.8) is 0 Å². The van der Waals surface area contributed by atoms with Crippen molar-refractivity contribution in [1.82, 2.24) is 15.5 Å². The largest absolute Gasteiger partial charge is 0.355 e. The summed E-state index contributed by atoms with van der Waals surface area (Å²) in [6.07, 6.45) is 2.89. The summed E-state index contributed by atoms with van der Waals surface area (Å²) in [7, 11) is 0. The molecule has 1 aromatic carbocycles. The lowest BCUT2D eigenvalue weighted by Gasteiger charge is -2.32. The first kappa shape index (κ1) is 18.5. The van der Waals surface area contributed by atoms with Crippen molar-refractivity contribution in [2.75, 3.05) is 32.7 Å². The van der Waals surface area contributed by atoms with Crippen LogP contribution < -0.4 is 10.6 Å². The van der Waals surface area contributed by atoms with Gasteiger partial charge in [0.15, 0.2) is 0 Å². The molecule has 2 amide bonds. The number of hydrogen-bond donors (Lipinski definition) is 2. The molecule has 1 heterocycles. The fraction of sp³-hybridized carbons (Fsp3) is 0.579. The highest BCUT2D eigenvalue weighted by atomic mass is 16.2. The highest BCUT2D eigenvalue weighted by molar-refractivity contribution is 5.80. The molecule has 1 saturated heterocycles. The minimum Gasteiger partial charge on any atom is -0.355 e. The Morgan fingerprint density at radius 3 is 2.54 bits per heavy atom. The molecule has 5 heteroatoms. The SMILES string of the molecule is CCNCC1CCN(C(=O)CCNC(=O)Cc2ccccc2)CC1. The van der Waals surface area contributed by atoms with Crippen LogP contribution in [-0.2, 0) is 16.0 Å². The Kier molecular flexibility index (Phi) is 7.75. The van der Waals surface area contributed by atoms with E-state index in [0.717, 1.165) is 44.6 Å². The van der Waals surface area contributed by atoms with E-state index >= 15 is 0 Å². The summed E-state index contributed by atoms with van der Waals surface area (Å²) in [4.78, 5) is 26.0. The van der Waals surface area contributed by atoms with Gasteiger partial charge in [-0.3, -0.25) is 9.59 Å². The van der Waals surface area contributed by atoms with Gasteiger partial charge < -0.3 is 15.5 Å². The van der Waals surface area contributed by atoms with E-state index in [4.69, 9.17) is 0 Å². The van der Waals surface area contributed by atoms with Crippen LogP contribution in [0, 0.1) is 5.92 Å². The molecule has 0 radical (unpaired) electrons. The van der Waals surface area contributed by atoms with Gasteiger partial charge in [-0.2, -0.15) is 0 Å². The topological polar surface area (TPSA) is 61.4 Å². The van der Waals surface area contributed by atoms with Crippen LogP contribution in [0.2, 0.25) is 0 Å². The van der Waals surface area contributed by atoms with Gasteiger partial charge in [-0.25, -0.2) is 0 Å². The normalized spacial score (nSPS) is 15.3. The smallest absolute Gasteiger partial charge is 0.224 e. The molecule has 0 saturated carbocycles. The summed E-state index contributed by atoms with van der Waals surface area (Å²) in [5.41, 5.74) is 0.990. The maximum absolute atomic E-state index is 12.2. The highest BCUT2D eigenvalue weighted by Gasteiger charge is 2.22. The lowest BCUT2D eigenvalue weighted by atomic mass is 9.96. The molecule has 0 aromatic heterocycles. The number of hydrogen-bond acceptors (Lipinski definition) is 3. The Labute approximate surface area is 144 Å². The van der Waals surface area contributed by atoms with Crippen LogP contribution in [0.4, 0.5) is 0 Å². The van der Waals surface area contributed by atoms with E-state index in [-0.39, 0.29) is 11.8 Å². The van der Waals surface area contributed by atoms with Crippen molar-refractivity contribution >= 4 is 11.8 Å². The lowest BCUT2D eigenvalue weighted by Crippen LogP contribution is -2.42. The molecule has 2 N–H and O–H groups in total. The fourth-order valence-electron chi connectivity index (χ4n) is 3.05. The first-order valence-electron chi connectivity index (χ1n) is 8.98. The molecule has 0 atom stereocenters. The quantitative estimate of drug-likeness (QED) is 0.760. The van der Waals surface area contributed by atoms with Crippen LogP contribution in [-0.4, -0.2) is 49.4 Å². The van der Waals surface area contributed by atoms with Crippen molar-refractivity contribution in [3.05, 3.63) is 35.9 Å². The van der Waals surface area contributed by atoms with Gasteiger partial charge in [-0.05, 0) is 37.4 Å². The third-order valence-electron chi connectivity index (χ3n) is 4.52. The molecule has 0 bridgehead atoms. The molecule has 24 heavy (non-hydrogen) atoms. The summed E-state index contributed by atoms with van der Waals surface area (Å²) in [5, 5.41) is 6.22. The van der Waals surface area contributed by atoms with E-state index in [2.05, 4.69) is 17.6 Å². The Hall–Kier alpha value is -1.88. The molecule has 0 aliphatic carbocycles. The number of carbonyl (C=O) groups excluding carboxylic acids is 2. The van der Waals surface area contributed by atoms with Crippen molar-refractivity contribution in [1.29, 1.82) is 0 Å². The fourth-order valence-corrected chi connectivity index (χ4v) is 3.05. The van der Waals surface area contributed by atoms with Gasteiger partial charge in [0, 0.05) is 26.1 Å². The molecule has 0 spiro atoms. The van der Waals surface area contributed by atoms with Crippen LogP contribution in [0.1, 0.15) is 31.7 Å². The molecule has 132 valence electrons. The van der Waals surface area contributed by atoms with Gasteiger partial charge in [0.2, 0.25) is 11.8 Å². The van der Waals surface area contributed by atoms with Crippen LogP contribution in [0.25, 0.3) is 0 Å². The van der Waals surface area contributed by atoms with Gasteiger partial charge in [0.05, 0.1) is 6.42 Å². The zero-order chi connectivity index (χ0) is 17.2. The van der Waals surface area contributed by atoms with E-state index < -0.39 is 0 Å². The van der Waals surface area contributed by atoms with Gasteiger partial charge >= 0.3 is 0 Å². The number of benzene rings is 1. The van der Waals surface area contributed by atoms with Gasteiger partial charge in [-0.1, -0.05) is 37.3 Å². The minimum absolute atomic E-state index is 0.0293. The first-order chi connectivity index (χ1) is 11.7. The maximum Gasteiger partial charge on any atom is 0.224 e. The van der Waals surface area contributed by atoms with Gasteiger partial charge in [0.25, 0.3) is 0 Å². The van der Waals surface area contributed by atoms with Crippen LogP contribution >= 0.6 is 0 Å². The zero-order valence-electron chi connectivity index (χ0n) is 14.6. The summed E-state index contributed by atoms with van der Waals surface area (Å²) >= 11 is 0. The minimum atomic E-state index is -0.0293. The van der Waals surface area contributed by atoms with E-state index in [1.807, 2.05) is 35.2 Å². The van der Waals surface area contributed by atoms with Gasteiger partial charge in [0.1, 0.15) is 0 Å². The zero-order valence-corrected chi connectivity index (χ0v) is 14.6. The standard InChI is InChI=1S/C19H29N3O2/c1-2-20-15-17-9-12-22(13-10-17)19(24)8-11-21-18(23)14-16-6-4-3-5-7-16/h3-7,17,20H,2,8-15H2,1H3,(H,21,23). The average molecular weight is 331 g/mol. The second-order valence-corrected chi connectivity index (χ2v) is 6.39. The Morgan fingerprint density at radius 1 is 1.17 bits per heavy atom. The Bertz CT molecular complexity index is 511. The molecule has 2 rings (SSSR count). The number of nitrogens with one attached hydrogen (secondary N) is 2. The van der Waals surface area contributed by atoms with E-state index in [9.17, 15) is 9.59 Å². The monoisotopic (exact) mass is 331 g/mol. The number of piperidine rings is 1. The number of likely N-dealkylation sites (tertiary alicyclic amines) is 1. The predicted octanol–water partition coefficient (Wildman–Crippen LogP) is 1.58. The summed E-state index contributed by atoms with van der Waals surface area (Å²) < 4.78 is 0. The van der Waals surface area contributed by atoms with Crippen molar-refractivity contribution in [3.8, 4) is 0 Å². The number of rotatable bonds is 8. The first-order valence-corrected chi connectivity index (χ1v) is 8.98. The molecule has 5 nitrogen and oxygen atoms in total. The van der Waals surface area contributed by atoms with E-state index in [0.29, 0.717) is 25.3 Å². The number of carbonyl (C=O) groups is 2. The van der Waals surface area contributed by atoms with Crippen LogP contribution in [0.15, 0.2) is 30.3 Å². The number of amides is 2. The average Bonchev–Trinajstić information content (AvgIpc) is 2.61. The van der Waals surface area contributed by atoms with Gasteiger partial charge in [-0.15, -0.1) is 0 Å². The van der Waals surface area contributed by atoms with Crippen LogP contribution in [0.3, 0.4) is 0 Å². The summed E-state index contributed by atoms with van der Waals surface area (Å²) in [6, 6.07) is 9.64. The molecular formula is C19H29N3O2. The molecule has 1 aromatic rings. The third kappa shape index (κ3) is 6.32. The Morgan fingerprint density at radius 2 is 1.88 bits per heavy atom. The molecule has 1 fully saturated rings. The second kappa shape index (κ2) is 10.1. The van der Waals surface area contributed by atoms with Crippen molar-refractivity contribution < 1.29 is 9.59 Å². The maximum atomic E-state index is 12.2. The third-order valence-corrected chi connectivity index (χ3v) is 4.52. The van der Waals surface area contributed by atoms with E-state index in [1.165, 1.54) is 0 Å². The lowest BCUT2D eigenvalue weighted by molar-refractivity contribution is -0.132.